The predicted molar refractivity (Wildman–Crippen MR) is 70.9 cm³/mol. The van der Waals surface area contributed by atoms with Gasteiger partial charge in [-0.25, -0.2) is 0 Å². The van der Waals surface area contributed by atoms with E-state index < -0.39 is 0 Å². The minimum absolute atomic E-state index is 0.206. The van der Waals surface area contributed by atoms with Crippen molar-refractivity contribution in [2.24, 2.45) is 5.41 Å². The van der Waals surface area contributed by atoms with Crippen LogP contribution in [0.25, 0.3) is 0 Å². The summed E-state index contributed by atoms with van der Waals surface area (Å²) in [6, 6.07) is 4.25. The molecular formula is C11H15Br2N3. The van der Waals surface area contributed by atoms with Crippen molar-refractivity contribution in [3.63, 3.8) is 0 Å². The Morgan fingerprint density at radius 3 is 2.62 bits per heavy atom. The van der Waals surface area contributed by atoms with Gasteiger partial charge in [0.1, 0.15) is 9.21 Å². The fourth-order valence-electron chi connectivity index (χ4n) is 1.41. The van der Waals surface area contributed by atoms with Crippen LogP contribution in [0.2, 0.25) is 0 Å². The minimum Gasteiger partial charge on any atom is -0.257 e. The van der Waals surface area contributed by atoms with Gasteiger partial charge in [0.25, 0.3) is 0 Å². The molecular weight excluding hydrogens is 334 g/mol. The molecule has 0 spiro atoms. The molecule has 1 aromatic rings. The van der Waals surface area contributed by atoms with Gasteiger partial charge in [0, 0.05) is 12.6 Å². The number of unbranched alkanes of at least 4 members (excludes halogenated alkanes) is 1. The highest BCUT2D eigenvalue weighted by molar-refractivity contribution is 9.11. The van der Waals surface area contributed by atoms with Crippen LogP contribution in [-0.2, 0) is 6.54 Å². The molecule has 0 fully saturated rings. The molecule has 0 aliphatic carbocycles. The summed E-state index contributed by atoms with van der Waals surface area (Å²) in [5.74, 6) is 0. The normalized spacial score (nSPS) is 11.4. The third-order valence-corrected chi connectivity index (χ3v) is 3.45. The number of nitriles is 1. The van der Waals surface area contributed by atoms with Crippen LogP contribution in [0, 0.1) is 16.7 Å². The first-order valence-electron chi connectivity index (χ1n) is 5.25. The summed E-state index contributed by atoms with van der Waals surface area (Å²) in [6.07, 6.45) is 3.02. The highest BCUT2D eigenvalue weighted by Crippen LogP contribution is 2.22. The van der Waals surface area contributed by atoms with Gasteiger partial charge in [0.15, 0.2) is 0 Å². The second kappa shape index (κ2) is 5.83. The number of nitrogens with zero attached hydrogens (tertiary/aromatic N) is 3. The van der Waals surface area contributed by atoms with Crippen LogP contribution in [0.5, 0.6) is 0 Å². The Morgan fingerprint density at radius 1 is 1.44 bits per heavy atom. The van der Waals surface area contributed by atoms with Crippen molar-refractivity contribution >= 4 is 31.9 Å². The Labute approximate surface area is 113 Å². The van der Waals surface area contributed by atoms with Crippen LogP contribution in [0.15, 0.2) is 15.3 Å². The van der Waals surface area contributed by atoms with E-state index in [2.05, 4.69) is 43.0 Å². The van der Waals surface area contributed by atoms with Crippen LogP contribution < -0.4 is 0 Å². The molecule has 3 nitrogen and oxygen atoms in total. The zero-order chi connectivity index (χ0) is 12.2. The third kappa shape index (κ3) is 4.26. The Kier molecular flexibility index (Phi) is 5.00. The van der Waals surface area contributed by atoms with Gasteiger partial charge in [-0.2, -0.15) is 10.4 Å². The summed E-state index contributed by atoms with van der Waals surface area (Å²) >= 11 is 6.77. The maximum Gasteiger partial charge on any atom is 0.129 e. The van der Waals surface area contributed by atoms with Gasteiger partial charge in [-0.15, -0.1) is 0 Å². The van der Waals surface area contributed by atoms with Crippen molar-refractivity contribution in [3.05, 3.63) is 15.3 Å². The Hall–Kier alpha value is -0.340. The number of halogens is 2. The molecule has 0 amide bonds. The van der Waals surface area contributed by atoms with E-state index in [4.69, 9.17) is 5.26 Å². The zero-order valence-electron chi connectivity index (χ0n) is 9.50. The van der Waals surface area contributed by atoms with Crippen molar-refractivity contribution in [3.8, 4) is 6.07 Å². The molecule has 0 atom stereocenters. The van der Waals surface area contributed by atoms with Gasteiger partial charge in [-0.1, -0.05) is 6.42 Å². The molecule has 0 aromatic carbocycles. The van der Waals surface area contributed by atoms with Crippen LogP contribution in [0.3, 0.4) is 0 Å². The van der Waals surface area contributed by atoms with E-state index in [1.54, 1.807) is 0 Å². The Morgan fingerprint density at radius 2 is 2.12 bits per heavy atom. The predicted octanol–water partition coefficient (Wildman–Crippen LogP) is 4.13. The van der Waals surface area contributed by atoms with Crippen LogP contribution in [0.1, 0.15) is 33.1 Å². The second-order valence-electron chi connectivity index (χ2n) is 4.47. The topological polar surface area (TPSA) is 41.6 Å². The van der Waals surface area contributed by atoms with Crippen molar-refractivity contribution < 1.29 is 0 Å². The molecule has 0 unspecified atom stereocenters. The Bertz CT molecular complexity index is 390. The fraction of sp³-hybridized carbons (Fsp3) is 0.636. The number of rotatable bonds is 5. The Balaban J connectivity index is 2.32. The number of hydrogen-bond donors (Lipinski definition) is 0. The number of aromatic nitrogens is 2. The highest BCUT2D eigenvalue weighted by Gasteiger charge is 2.15. The van der Waals surface area contributed by atoms with Gasteiger partial charge >= 0.3 is 0 Å². The summed E-state index contributed by atoms with van der Waals surface area (Å²) in [5, 5.41) is 13.2. The van der Waals surface area contributed by atoms with Gasteiger partial charge in [0.05, 0.1) is 11.5 Å². The van der Waals surface area contributed by atoms with E-state index in [0.717, 1.165) is 35.0 Å². The summed E-state index contributed by atoms with van der Waals surface area (Å²) in [6.45, 7) is 4.84. The van der Waals surface area contributed by atoms with E-state index in [0.29, 0.717) is 0 Å². The van der Waals surface area contributed by atoms with E-state index in [1.807, 2.05) is 24.6 Å². The SMILES string of the molecule is CC(C)(C#N)CCCCn1nc(Br)cc1Br. The van der Waals surface area contributed by atoms with Gasteiger partial charge < -0.3 is 0 Å². The van der Waals surface area contributed by atoms with Crippen LogP contribution in [0.4, 0.5) is 0 Å². The lowest BCUT2D eigenvalue weighted by atomic mass is 9.89. The van der Waals surface area contributed by atoms with Crippen molar-refractivity contribution in [2.45, 2.75) is 39.7 Å². The van der Waals surface area contributed by atoms with Gasteiger partial charge in [-0.05, 0) is 58.5 Å². The summed E-state index contributed by atoms with van der Waals surface area (Å²) in [4.78, 5) is 0. The molecule has 16 heavy (non-hydrogen) atoms. The first-order chi connectivity index (χ1) is 7.44. The lowest BCUT2D eigenvalue weighted by Crippen LogP contribution is -2.08. The molecule has 0 saturated carbocycles. The molecule has 0 aliphatic heterocycles. The number of aryl methyl sites for hydroxylation is 1. The summed E-state index contributed by atoms with van der Waals surface area (Å²) in [5.41, 5.74) is -0.206. The molecule has 1 heterocycles. The first kappa shape index (κ1) is 13.7. The van der Waals surface area contributed by atoms with Gasteiger partial charge in [-0.3, -0.25) is 4.68 Å². The van der Waals surface area contributed by atoms with Crippen molar-refractivity contribution in [1.82, 2.24) is 9.78 Å². The molecule has 0 aliphatic rings. The maximum atomic E-state index is 8.88. The van der Waals surface area contributed by atoms with Crippen molar-refractivity contribution in [1.29, 1.82) is 5.26 Å². The monoisotopic (exact) mass is 347 g/mol. The molecule has 5 heteroatoms. The average Bonchev–Trinajstić information content (AvgIpc) is 2.52. The third-order valence-electron chi connectivity index (χ3n) is 2.43. The molecule has 0 bridgehead atoms. The standard InChI is InChI=1S/C11H15Br2N3/c1-11(2,8-14)5-3-4-6-16-10(13)7-9(12)15-16/h7H,3-6H2,1-2H3. The van der Waals surface area contributed by atoms with E-state index in [1.165, 1.54) is 0 Å². The van der Waals surface area contributed by atoms with E-state index in [-0.39, 0.29) is 5.41 Å². The smallest absolute Gasteiger partial charge is 0.129 e. The molecule has 0 N–H and O–H groups in total. The molecule has 1 rings (SSSR count). The first-order valence-corrected chi connectivity index (χ1v) is 6.83. The quantitative estimate of drug-likeness (QED) is 0.751. The molecule has 88 valence electrons. The zero-order valence-corrected chi connectivity index (χ0v) is 12.7. The molecule has 1 aromatic heterocycles. The second-order valence-corrected chi connectivity index (χ2v) is 6.09. The van der Waals surface area contributed by atoms with Crippen molar-refractivity contribution in [2.75, 3.05) is 0 Å². The number of hydrogen-bond acceptors (Lipinski definition) is 2. The van der Waals surface area contributed by atoms with E-state index in [9.17, 15) is 0 Å². The maximum absolute atomic E-state index is 8.88. The van der Waals surface area contributed by atoms with E-state index >= 15 is 0 Å². The van der Waals surface area contributed by atoms with Crippen LogP contribution >= 0.6 is 31.9 Å². The molecule has 0 saturated heterocycles. The average molecular weight is 349 g/mol. The lowest BCUT2D eigenvalue weighted by molar-refractivity contribution is 0.410. The largest absolute Gasteiger partial charge is 0.257 e. The fourth-order valence-corrected chi connectivity index (χ4v) is 2.59. The minimum atomic E-state index is -0.206. The summed E-state index contributed by atoms with van der Waals surface area (Å²) in [7, 11) is 0. The van der Waals surface area contributed by atoms with Crippen LogP contribution in [-0.4, -0.2) is 9.78 Å². The highest BCUT2D eigenvalue weighted by atomic mass is 79.9. The lowest BCUT2D eigenvalue weighted by Gasteiger charge is -2.14. The molecule has 0 radical (unpaired) electrons. The van der Waals surface area contributed by atoms with Gasteiger partial charge in [0.2, 0.25) is 0 Å². The summed E-state index contributed by atoms with van der Waals surface area (Å²) < 4.78 is 3.75.